The second-order valence-electron chi connectivity index (χ2n) is 5.46. The quantitative estimate of drug-likeness (QED) is 0.740. The van der Waals surface area contributed by atoms with Gasteiger partial charge in [-0.15, -0.1) is 0 Å². The third kappa shape index (κ3) is 3.64. The first-order chi connectivity index (χ1) is 12.5. The van der Waals surface area contributed by atoms with Crippen LogP contribution in [0.4, 0.5) is 25.0 Å². The van der Waals surface area contributed by atoms with Crippen LogP contribution in [-0.4, -0.2) is 22.9 Å². The Hall–Kier alpha value is -3.42. The number of urea groups is 1. The van der Waals surface area contributed by atoms with Crippen LogP contribution < -0.4 is 15.4 Å². The zero-order valence-corrected chi connectivity index (χ0v) is 14.1. The van der Waals surface area contributed by atoms with Gasteiger partial charge in [-0.2, -0.15) is 5.10 Å². The summed E-state index contributed by atoms with van der Waals surface area (Å²) >= 11 is 0. The van der Waals surface area contributed by atoms with E-state index in [0.717, 1.165) is 23.4 Å². The number of nitrogens with zero attached hydrogens (tertiary/aromatic N) is 2. The monoisotopic (exact) mass is 358 g/mol. The highest BCUT2D eigenvalue weighted by molar-refractivity contribution is 6.00. The number of nitrogens with one attached hydrogen (secondary N) is 2. The van der Waals surface area contributed by atoms with Crippen molar-refractivity contribution < 1.29 is 18.3 Å². The van der Waals surface area contributed by atoms with E-state index in [2.05, 4.69) is 15.7 Å². The summed E-state index contributed by atoms with van der Waals surface area (Å²) in [4.78, 5) is 12.1. The fourth-order valence-electron chi connectivity index (χ4n) is 2.50. The number of aromatic nitrogens is 2. The molecule has 0 unspecified atom stereocenters. The summed E-state index contributed by atoms with van der Waals surface area (Å²) in [7, 11) is 3.34. The standard InChI is InChI=1S/C18H16F2N4O2/c1-24-16(7-8-21-24)13-10-12(4-6-17(13)26-2)22-18(25)23-15-5-3-11(19)9-14(15)20/h3-10H,1-2H3,(H2,22,23,25). The number of benzene rings is 2. The number of hydrogen-bond acceptors (Lipinski definition) is 3. The minimum absolute atomic E-state index is 0.121. The SMILES string of the molecule is COc1ccc(NC(=O)Nc2ccc(F)cc2F)cc1-c1ccnn1C. The summed E-state index contributed by atoms with van der Waals surface area (Å²) in [6.45, 7) is 0. The molecule has 1 heterocycles. The smallest absolute Gasteiger partial charge is 0.323 e. The number of aryl methyl sites for hydroxylation is 1. The highest BCUT2D eigenvalue weighted by Crippen LogP contribution is 2.32. The molecule has 0 aliphatic heterocycles. The molecular formula is C18H16F2N4O2. The van der Waals surface area contributed by atoms with Gasteiger partial charge in [-0.1, -0.05) is 0 Å². The van der Waals surface area contributed by atoms with Crippen LogP contribution >= 0.6 is 0 Å². The molecule has 0 fully saturated rings. The Labute approximate surface area is 148 Å². The van der Waals surface area contributed by atoms with Crippen LogP contribution in [0.3, 0.4) is 0 Å². The number of carbonyl (C=O) groups excluding carboxylic acids is 1. The van der Waals surface area contributed by atoms with Gasteiger partial charge in [0.05, 0.1) is 18.5 Å². The predicted octanol–water partition coefficient (Wildman–Crippen LogP) is 4.02. The van der Waals surface area contributed by atoms with Crippen LogP contribution in [0.2, 0.25) is 0 Å². The van der Waals surface area contributed by atoms with Crippen LogP contribution in [0, 0.1) is 11.6 Å². The lowest BCUT2D eigenvalue weighted by molar-refractivity contribution is 0.262. The third-order valence-corrected chi connectivity index (χ3v) is 3.73. The fraction of sp³-hybridized carbons (Fsp3) is 0.111. The van der Waals surface area contributed by atoms with Crippen LogP contribution in [0.25, 0.3) is 11.3 Å². The molecule has 134 valence electrons. The van der Waals surface area contributed by atoms with E-state index in [1.165, 1.54) is 0 Å². The number of rotatable bonds is 4. The number of halogens is 2. The number of methoxy groups -OCH3 is 1. The van der Waals surface area contributed by atoms with Crippen molar-refractivity contribution in [3.8, 4) is 17.0 Å². The highest BCUT2D eigenvalue weighted by atomic mass is 19.1. The van der Waals surface area contributed by atoms with Crippen molar-refractivity contribution in [1.29, 1.82) is 0 Å². The molecule has 1 aromatic heterocycles. The van der Waals surface area contributed by atoms with Crippen molar-refractivity contribution in [1.82, 2.24) is 9.78 Å². The number of ether oxygens (including phenoxy) is 1. The molecule has 0 bridgehead atoms. The minimum Gasteiger partial charge on any atom is -0.496 e. The molecule has 0 spiro atoms. The van der Waals surface area contributed by atoms with Crippen molar-refractivity contribution in [2.75, 3.05) is 17.7 Å². The summed E-state index contributed by atoms with van der Waals surface area (Å²) in [5.41, 5.74) is 1.89. The Morgan fingerprint density at radius 2 is 1.92 bits per heavy atom. The molecule has 2 amide bonds. The lowest BCUT2D eigenvalue weighted by Gasteiger charge is -2.13. The second kappa shape index (κ2) is 7.22. The normalized spacial score (nSPS) is 10.5. The maximum Gasteiger partial charge on any atom is 0.323 e. The van der Waals surface area contributed by atoms with Crippen molar-refractivity contribution in [2.24, 2.45) is 7.05 Å². The molecule has 26 heavy (non-hydrogen) atoms. The van der Waals surface area contributed by atoms with Crippen molar-refractivity contribution in [3.05, 3.63) is 60.3 Å². The summed E-state index contributed by atoms with van der Waals surface area (Å²) in [6.07, 6.45) is 1.65. The largest absolute Gasteiger partial charge is 0.496 e. The molecule has 0 atom stereocenters. The molecule has 6 nitrogen and oxygen atoms in total. The van der Waals surface area contributed by atoms with Crippen molar-refractivity contribution >= 4 is 17.4 Å². The first-order valence-electron chi connectivity index (χ1n) is 7.67. The Morgan fingerprint density at radius 3 is 2.58 bits per heavy atom. The molecular weight excluding hydrogens is 342 g/mol. The Kier molecular flexibility index (Phi) is 4.83. The Balaban J connectivity index is 1.81. The van der Waals surface area contributed by atoms with Crippen LogP contribution in [0.1, 0.15) is 0 Å². The second-order valence-corrected chi connectivity index (χ2v) is 5.46. The number of carbonyl (C=O) groups is 1. The first kappa shape index (κ1) is 17.4. The predicted molar refractivity (Wildman–Crippen MR) is 94.2 cm³/mol. The van der Waals surface area contributed by atoms with Gasteiger partial charge < -0.3 is 15.4 Å². The molecule has 2 aromatic carbocycles. The average Bonchev–Trinajstić information content (AvgIpc) is 3.03. The summed E-state index contributed by atoms with van der Waals surface area (Å²) < 4.78 is 33.6. The molecule has 0 saturated carbocycles. The molecule has 3 rings (SSSR count). The van der Waals surface area contributed by atoms with Crippen LogP contribution in [-0.2, 0) is 7.05 Å². The number of hydrogen-bond donors (Lipinski definition) is 2. The molecule has 0 aliphatic rings. The Morgan fingerprint density at radius 1 is 1.12 bits per heavy atom. The maximum atomic E-state index is 13.6. The van der Waals surface area contributed by atoms with Crippen molar-refractivity contribution in [2.45, 2.75) is 0 Å². The summed E-state index contributed by atoms with van der Waals surface area (Å²) in [5.74, 6) is -0.959. The number of anilines is 2. The molecule has 8 heteroatoms. The van der Waals surface area contributed by atoms with E-state index < -0.39 is 17.7 Å². The zero-order chi connectivity index (χ0) is 18.7. The molecule has 3 aromatic rings. The van der Waals surface area contributed by atoms with E-state index in [0.29, 0.717) is 17.5 Å². The number of amides is 2. The van der Waals surface area contributed by atoms with E-state index in [1.54, 1.807) is 43.2 Å². The summed E-state index contributed by atoms with van der Waals surface area (Å²) in [6, 6.07) is 9.15. The first-order valence-corrected chi connectivity index (χ1v) is 7.67. The van der Waals surface area contributed by atoms with Gasteiger partial charge in [-0.3, -0.25) is 4.68 Å². The van der Waals surface area contributed by atoms with Gasteiger partial charge in [0.15, 0.2) is 0 Å². The van der Waals surface area contributed by atoms with E-state index in [-0.39, 0.29) is 5.69 Å². The fourth-order valence-corrected chi connectivity index (χ4v) is 2.50. The van der Waals surface area contributed by atoms with Crippen molar-refractivity contribution in [3.63, 3.8) is 0 Å². The van der Waals surface area contributed by atoms with Gasteiger partial charge in [0.2, 0.25) is 0 Å². The van der Waals surface area contributed by atoms with Gasteiger partial charge in [0, 0.05) is 30.6 Å². The van der Waals surface area contributed by atoms with Crippen LogP contribution in [0.15, 0.2) is 48.7 Å². The van der Waals surface area contributed by atoms with Gasteiger partial charge in [0.1, 0.15) is 17.4 Å². The topological polar surface area (TPSA) is 68.2 Å². The average molecular weight is 358 g/mol. The lowest BCUT2D eigenvalue weighted by atomic mass is 10.1. The van der Waals surface area contributed by atoms with Gasteiger partial charge >= 0.3 is 6.03 Å². The molecule has 0 saturated heterocycles. The van der Waals surface area contributed by atoms with Gasteiger partial charge in [0.25, 0.3) is 0 Å². The van der Waals surface area contributed by atoms with Crippen LogP contribution in [0.5, 0.6) is 5.75 Å². The highest BCUT2D eigenvalue weighted by Gasteiger charge is 2.13. The minimum atomic E-state index is -0.856. The Bertz CT molecular complexity index is 956. The molecule has 2 N–H and O–H groups in total. The van der Waals surface area contributed by atoms with E-state index in [1.807, 2.05) is 6.07 Å². The molecule has 0 aliphatic carbocycles. The van der Waals surface area contributed by atoms with Gasteiger partial charge in [-0.25, -0.2) is 13.6 Å². The van der Waals surface area contributed by atoms with E-state index in [9.17, 15) is 13.6 Å². The molecule has 0 radical (unpaired) electrons. The van der Waals surface area contributed by atoms with E-state index >= 15 is 0 Å². The summed E-state index contributed by atoms with van der Waals surface area (Å²) in [5, 5.41) is 9.07. The third-order valence-electron chi connectivity index (χ3n) is 3.73. The van der Waals surface area contributed by atoms with Gasteiger partial charge in [-0.05, 0) is 36.4 Å². The van der Waals surface area contributed by atoms with E-state index in [4.69, 9.17) is 4.74 Å². The lowest BCUT2D eigenvalue weighted by Crippen LogP contribution is -2.20. The zero-order valence-electron chi connectivity index (χ0n) is 14.1. The maximum absolute atomic E-state index is 13.6.